The molecule has 0 saturated carbocycles. The summed E-state index contributed by atoms with van der Waals surface area (Å²) in [4.78, 5) is 18.1. The summed E-state index contributed by atoms with van der Waals surface area (Å²) in [5.74, 6) is 0.874. The predicted octanol–water partition coefficient (Wildman–Crippen LogP) is 3.41. The van der Waals surface area contributed by atoms with Gasteiger partial charge in [0, 0.05) is 19.6 Å². The number of rotatable bonds is 10. The van der Waals surface area contributed by atoms with Crippen molar-refractivity contribution in [3.8, 4) is 5.75 Å². The van der Waals surface area contributed by atoms with Gasteiger partial charge in [0.25, 0.3) is 5.91 Å². The first kappa shape index (κ1) is 26.9. The minimum Gasteiger partial charge on any atom is -0.484 e. The zero-order valence-electron chi connectivity index (χ0n) is 19.4. The highest BCUT2D eigenvalue weighted by molar-refractivity contribution is 14.0. The first-order valence-electron chi connectivity index (χ1n) is 11.4. The molecule has 1 saturated heterocycles. The lowest BCUT2D eigenvalue weighted by Crippen LogP contribution is -2.36. The molecule has 1 heterocycles. The maximum absolute atomic E-state index is 10.9. The second-order valence-corrected chi connectivity index (χ2v) is 8.10. The number of ether oxygens (including phenoxy) is 1. The van der Waals surface area contributed by atoms with Crippen LogP contribution in [0.15, 0.2) is 53.5 Å². The van der Waals surface area contributed by atoms with Gasteiger partial charge in [0.15, 0.2) is 12.6 Å². The Morgan fingerprint density at radius 2 is 1.76 bits per heavy atom. The van der Waals surface area contributed by atoms with E-state index in [1.54, 1.807) is 6.07 Å². The van der Waals surface area contributed by atoms with Gasteiger partial charge >= 0.3 is 0 Å². The summed E-state index contributed by atoms with van der Waals surface area (Å²) < 4.78 is 5.37. The van der Waals surface area contributed by atoms with E-state index in [1.165, 1.54) is 43.5 Å². The van der Waals surface area contributed by atoms with Gasteiger partial charge in [-0.05, 0) is 61.7 Å². The van der Waals surface area contributed by atoms with Crippen molar-refractivity contribution in [2.24, 2.45) is 10.7 Å². The van der Waals surface area contributed by atoms with Crippen LogP contribution < -0.4 is 21.1 Å². The summed E-state index contributed by atoms with van der Waals surface area (Å²) in [7, 11) is 0. The molecule has 8 heteroatoms. The lowest BCUT2D eigenvalue weighted by atomic mass is 10.1. The molecular formula is C25H36IN5O2. The van der Waals surface area contributed by atoms with Crippen molar-refractivity contribution in [3.63, 3.8) is 0 Å². The largest absolute Gasteiger partial charge is 0.484 e. The summed E-state index contributed by atoms with van der Waals surface area (Å²) in [6, 6.07) is 16.4. The van der Waals surface area contributed by atoms with E-state index in [0.29, 0.717) is 18.8 Å². The zero-order chi connectivity index (χ0) is 22.6. The Kier molecular flexibility index (Phi) is 12.0. The number of hydrogen-bond acceptors (Lipinski definition) is 4. The number of nitrogens with one attached hydrogen (secondary N) is 2. The Bertz CT molecular complexity index is 883. The molecular weight excluding hydrogens is 529 g/mol. The van der Waals surface area contributed by atoms with E-state index in [4.69, 9.17) is 10.5 Å². The Morgan fingerprint density at radius 1 is 1.03 bits per heavy atom. The molecule has 4 N–H and O–H groups in total. The highest BCUT2D eigenvalue weighted by atomic mass is 127. The second-order valence-electron chi connectivity index (χ2n) is 8.10. The molecule has 0 aromatic heterocycles. The van der Waals surface area contributed by atoms with Crippen molar-refractivity contribution in [2.45, 2.75) is 45.8 Å². The predicted molar refractivity (Wildman–Crippen MR) is 144 cm³/mol. The van der Waals surface area contributed by atoms with Crippen molar-refractivity contribution < 1.29 is 9.53 Å². The van der Waals surface area contributed by atoms with Crippen molar-refractivity contribution in [1.29, 1.82) is 0 Å². The number of halogens is 1. The summed E-state index contributed by atoms with van der Waals surface area (Å²) in [5.41, 5.74) is 8.72. The number of amides is 1. The maximum atomic E-state index is 10.9. The Labute approximate surface area is 214 Å². The maximum Gasteiger partial charge on any atom is 0.255 e. The quantitative estimate of drug-likeness (QED) is 0.234. The molecule has 0 spiro atoms. The first-order valence-corrected chi connectivity index (χ1v) is 11.4. The number of carbonyl (C=O) groups excluding carboxylic acids is 1. The van der Waals surface area contributed by atoms with E-state index >= 15 is 0 Å². The fraction of sp³-hybridized carbons (Fsp3) is 0.440. The first-order chi connectivity index (χ1) is 15.6. The van der Waals surface area contributed by atoms with Gasteiger partial charge in [-0.25, -0.2) is 4.99 Å². The average Bonchev–Trinajstić information content (AvgIpc) is 2.81. The third kappa shape index (κ3) is 10.00. The number of nitrogens with two attached hydrogens (primary N) is 1. The standard InChI is InChI=1S/C25H35N5O2.HI/c1-2-27-25(29-17-22-7-6-8-23(15-22)32-19-24(26)31)28-16-20-9-11-21(12-10-20)18-30-13-4-3-5-14-30;/h6-12,15H,2-5,13-14,16-19H2,1H3,(H2,26,31)(H2,27,28,29);1H. The molecule has 1 aliphatic heterocycles. The monoisotopic (exact) mass is 565 g/mol. The number of primary amides is 1. The Balaban J connectivity index is 0.00000385. The molecule has 1 amide bonds. The van der Waals surface area contributed by atoms with Crippen molar-refractivity contribution in [3.05, 3.63) is 65.2 Å². The number of nitrogens with zero attached hydrogens (tertiary/aromatic N) is 2. The van der Waals surface area contributed by atoms with Gasteiger partial charge in [-0.15, -0.1) is 24.0 Å². The van der Waals surface area contributed by atoms with Gasteiger partial charge in [0.1, 0.15) is 5.75 Å². The normalized spacial score (nSPS) is 14.3. The molecule has 180 valence electrons. The van der Waals surface area contributed by atoms with Gasteiger partial charge in [0.05, 0.1) is 6.54 Å². The van der Waals surface area contributed by atoms with Crippen LogP contribution in [0.5, 0.6) is 5.75 Å². The van der Waals surface area contributed by atoms with E-state index in [-0.39, 0.29) is 30.6 Å². The number of benzene rings is 2. The number of guanidine groups is 1. The number of hydrogen-bond donors (Lipinski definition) is 3. The van der Waals surface area contributed by atoms with Crippen LogP contribution in [0.2, 0.25) is 0 Å². The molecule has 3 rings (SSSR count). The lowest BCUT2D eigenvalue weighted by molar-refractivity contribution is -0.119. The number of carbonyl (C=O) groups is 1. The van der Waals surface area contributed by atoms with Crippen LogP contribution in [0, 0.1) is 0 Å². The molecule has 1 aliphatic rings. The highest BCUT2D eigenvalue weighted by Gasteiger charge is 2.10. The van der Waals surface area contributed by atoms with Crippen molar-refractivity contribution in [2.75, 3.05) is 26.2 Å². The van der Waals surface area contributed by atoms with Crippen LogP contribution in [-0.4, -0.2) is 43.0 Å². The van der Waals surface area contributed by atoms with Crippen LogP contribution in [0.4, 0.5) is 0 Å². The molecule has 2 aromatic rings. The van der Waals surface area contributed by atoms with Crippen LogP contribution in [0.1, 0.15) is 42.9 Å². The topological polar surface area (TPSA) is 92.0 Å². The summed E-state index contributed by atoms with van der Waals surface area (Å²) in [5, 5.41) is 6.68. The van der Waals surface area contributed by atoms with Gasteiger partial charge in [0.2, 0.25) is 0 Å². The van der Waals surface area contributed by atoms with E-state index < -0.39 is 5.91 Å². The SMILES string of the molecule is CCNC(=NCc1cccc(OCC(N)=O)c1)NCc1ccc(CN2CCCCC2)cc1.I. The summed E-state index contributed by atoms with van der Waals surface area (Å²) in [6.07, 6.45) is 4.00. The molecule has 7 nitrogen and oxygen atoms in total. The molecule has 33 heavy (non-hydrogen) atoms. The minimum atomic E-state index is -0.494. The zero-order valence-corrected chi connectivity index (χ0v) is 21.7. The second kappa shape index (κ2) is 14.7. The fourth-order valence-corrected chi connectivity index (χ4v) is 3.72. The molecule has 0 radical (unpaired) electrons. The van der Waals surface area contributed by atoms with Crippen LogP contribution in [0.3, 0.4) is 0 Å². The number of aliphatic imine (C=N–C) groups is 1. The van der Waals surface area contributed by atoms with Crippen LogP contribution in [-0.2, 0) is 24.4 Å². The van der Waals surface area contributed by atoms with Gasteiger partial charge < -0.3 is 21.1 Å². The van der Waals surface area contributed by atoms with E-state index in [2.05, 4.69) is 44.8 Å². The summed E-state index contributed by atoms with van der Waals surface area (Å²) in [6.45, 7) is 7.37. The Morgan fingerprint density at radius 3 is 2.45 bits per heavy atom. The third-order valence-corrected chi connectivity index (χ3v) is 5.38. The molecule has 2 aromatic carbocycles. The van der Waals surface area contributed by atoms with E-state index in [0.717, 1.165) is 24.6 Å². The molecule has 0 atom stereocenters. The highest BCUT2D eigenvalue weighted by Crippen LogP contribution is 2.15. The van der Waals surface area contributed by atoms with Crippen molar-refractivity contribution in [1.82, 2.24) is 15.5 Å². The van der Waals surface area contributed by atoms with E-state index in [1.807, 2.05) is 25.1 Å². The number of piperidine rings is 1. The van der Waals surface area contributed by atoms with Crippen LogP contribution >= 0.6 is 24.0 Å². The van der Waals surface area contributed by atoms with E-state index in [9.17, 15) is 4.79 Å². The smallest absolute Gasteiger partial charge is 0.255 e. The molecule has 0 bridgehead atoms. The van der Waals surface area contributed by atoms with Gasteiger partial charge in [-0.2, -0.15) is 0 Å². The average molecular weight is 566 g/mol. The fourth-order valence-electron chi connectivity index (χ4n) is 3.72. The third-order valence-electron chi connectivity index (χ3n) is 5.38. The van der Waals surface area contributed by atoms with Gasteiger partial charge in [-0.3, -0.25) is 9.69 Å². The van der Waals surface area contributed by atoms with Crippen molar-refractivity contribution >= 4 is 35.8 Å². The Hall–Kier alpha value is -2.33. The number of likely N-dealkylation sites (tertiary alicyclic amines) is 1. The van der Waals surface area contributed by atoms with Gasteiger partial charge in [-0.1, -0.05) is 42.8 Å². The molecule has 0 aliphatic carbocycles. The molecule has 0 unspecified atom stereocenters. The van der Waals surface area contributed by atoms with Crippen LogP contribution in [0.25, 0.3) is 0 Å². The lowest BCUT2D eigenvalue weighted by Gasteiger charge is -2.26. The molecule has 1 fully saturated rings. The minimum absolute atomic E-state index is 0. The summed E-state index contributed by atoms with van der Waals surface area (Å²) >= 11 is 0.